The molecule has 382 valence electrons. The first-order chi connectivity index (χ1) is 31.1. The van der Waals surface area contributed by atoms with E-state index in [9.17, 15) is 49.8 Å². The van der Waals surface area contributed by atoms with Crippen molar-refractivity contribution in [2.24, 2.45) is 17.8 Å². The summed E-state index contributed by atoms with van der Waals surface area (Å²) in [5, 5.41) is 68.0. The molecule has 11 atom stereocenters. The number of hydrogen-bond acceptors (Lipinski definition) is 15. The van der Waals surface area contributed by atoms with Crippen molar-refractivity contribution in [3.63, 3.8) is 0 Å². The van der Waals surface area contributed by atoms with Gasteiger partial charge in [-0.15, -0.1) is 0 Å². The highest BCUT2D eigenvalue weighted by Crippen LogP contribution is 2.28. The van der Waals surface area contributed by atoms with E-state index in [1.54, 1.807) is 21.0 Å². The largest absolute Gasteiger partial charge is 0.394 e. The van der Waals surface area contributed by atoms with E-state index < -0.39 is 80.3 Å². The topological polar surface area (TPSA) is 272 Å². The van der Waals surface area contributed by atoms with Gasteiger partial charge < -0.3 is 70.3 Å². The molecule has 2 rings (SSSR count). The van der Waals surface area contributed by atoms with E-state index >= 15 is 0 Å². The third-order valence-electron chi connectivity index (χ3n) is 11.4. The van der Waals surface area contributed by atoms with Crippen LogP contribution in [0.25, 0.3) is 0 Å². The number of nitrogens with one attached hydrogen (secondary N) is 3. The fourth-order valence-corrected chi connectivity index (χ4v) is 7.36. The van der Waals surface area contributed by atoms with Crippen molar-refractivity contribution in [3.8, 4) is 0 Å². The Morgan fingerprint density at radius 3 is 1.40 bits per heavy atom. The number of ketones is 1. The summed E-state index contributed by atoms with van der Waals surface area (Å²) in [6.45, 7) is 11.3. The molecule has 2 fully saturated rings. The van der Waals surface area contributed by atoms with E-state index in [1.807, 2.05) is 0 Å². The molecule has 0 radical (unpaired) electrons. The zero-order valence-corrected chi connectivity index (χ0v) is 40.5. The fraction of sp³-hybridized carbons (Fsp3) is 0.915. The summed E-state index contributed by atoms with van der Waals surface area (Å²) in [6.07, 6.45) is 2.91. The number of amides is 3. The second kappa shape index (κ2) is 36.7. The highest BCUT2D eigenvalue weighted by Gasteiger charge is 2.43. The van der Waals surface area contributed by atoms with Crippen molar-refractivity contribution >= 4 is 23.5 Å². The van der Waals surface area contributed by atoms with Gasteiger partial charge in [-0.05, 0) is 70.1 Å². The first-order valence-corrected chi connectivity index (χ1v) is 24.4. The van der Waals surface area contributed by atoms with Crippen LogP contribution in [0, 0.1) is 17.8 Å². The molecule has 2 aliphatic rings. The number of ether oxygens (including phenoxy) is 5. The lowest BCUT2D eigenvalue weighted by molar-refractivity contribution is -0.282. The zero-order valence-electron chi connectivity index (χ0n) is 40.5. The third kappa shape index (κ3) is 26.7. The maximum Gasteiger partial charge on any atom is 0.220 e. The Morgan fingerprint density at radius 1 is 0.538 bits per heavy atom. The van der Waals surface area contributed by atoms with Crippen molar-refractivity contribution in [1.82, 2.24) is 16.0 Å². The maximum absolute atomic E-state index is 13.3. The number of carbonyl (C=O) groups excluding carboxylic acids is 4. The van der Waals surface area contributed by atoms with Crippen LogP contribution in [0.5, 0.6) is 0 Å². The Balaban J connectivity index is 0.00000505. The summed E-state index contributed by atoms with van der Waals surface area (Å²) >= 11 is 0. The second-order valence-corrected chi connectivity index (χ2v) is 18.3. The second-order valence-electron chi connectivity index (χ2n) is 18.3. The Labute approximate surface area is 388 Å². The quantitative estimate of drug-likeness (QED) is 0.0420. The average molecular weight is 936 g/mol. The predicted octanol–water partition coefficient (Wildman–Crippen LogP) is 2.79. The molecule has 2 saturated heterocycles. The van der Waals surface area contributed by atoms with Crippen LogP contribution in [0.4, 0.5) is 0 Å². The number of unbranched alkanes of at least 4 members (excludes halogenated alkanes) is 8. The van der Waals surface area contributed by atoms with E-state index in [0.29, 0.717) is 110 Å². The molecular weight excluding hydrogens is 847 g/mol. The number of carbonyl (C=O) groups is 4. The van der Waals surface area contributed by atoms with Gasteiger partial charge in [-0.3, -0.25) is 19.2 Å². The number of Topliss-reactive ketones (excluding diaryl/α,β-unsaturated/α-hetero) is 1. The first kappa shape index (κ1) is 60.7. The molecule has 0 spiro atoms. The molecule has 4 unspecified atom stereocenters. The summed E-state index contributed by atoms with van der Waals surface area (Å²) in [5.74, 6) is -0.423. The maximum atomic E-state index is 13.3. The van der Waals surface area contributed by atoms with Gasteiger partial charge in [0.15, 0.2) is 18.4 Å². The fourth-order valence-electron chi connectivity index (χ4n) is 7.36. The molecule has 0 saturated carbocycles. The van der Waals surface area contributed by atoms with E-state index in [1.165, 1.54) is 0 Å². The van der Waals surface area contributed by atoms with E-state index in [-0.39, 0.29) is 29.9 Å². The molecule has 18 nitrogen and oxygen atoms in total. The van der Waals surface area contributed by atoms with Crippen LogP contribution in [0.2, 0.25) is 0 Å². The van der Waals surface area contributed by atoms with Crippen LogP contribution in [0.15, 0.2) is 0 Å². The molecular formula is C47H89N3O15. The zero-order chi connectivity index (χ0) is 48.6. The van der Waals surface area contributed by atoms with Gasteiger partial charge in [0, 0.05) is 77.5 Å². The van der Waals surface area contributed by atoms with Gasteiger partial charge in [-0.1, -0.05) is 60.3 Å². The smallest absolute Gasteiger partial charge is 0.220 e. The standard InChI is InChI=1S/C43H79N3O15.C4H10/c1-29-38(53)40(55)33(27-47)60-42(29)58-25-14-6-10-20-35(50)44-22-13-12-17-31(32(49)18-8-4-5-9-19-36(51)45-23-16-24-57-3)46-37(52)21-11-7-15-26-59-43-30(2)39(54)41(56)34(28-48)61-43;1-4(2)3/h29-31,33-34,38-43,47-48,53-56H,4-28H2,1-3H3,(H,44,50)(H,45,51)(H,46,52);4H,1-3H3/t29?,30?,31-,33?,34?,38+,39+,40-,41-,42+,43+;/m0./s1. The average Bonchev–Trinajstić information content (AvgIpc) is 3.27. The van der Waals surface area contributed by atoms with Crippen molar-refractivity contribution in [2.45, 2.75) is 205 Å². The Kier molecular flexibility index (Phi) is 34.2. The molecule has 3 amide bonds. The highest BCUT2D eigenvalue weighted by atomic mass is 16.7. The molecule has 0 aromatic rings. The lowest BCUT2D eigenvalue weighted by Crippen LogP contribution is -2.55. The van der Waals surface area contributed by atoms with Crippen LogP contribution in [-0.2, 0) is 42.9 Å². The van der Waals surface area contributed by atoms with Crippen molar-refractivity contribution in [3.05, 3.63) is 0 Å². The summed E-state index contributed by atoms with van der Waals surface area (Å²) in [5.41, 5.74) is 0. The first-order valence-electron chi connectivity index (χ1n) is 24.4. The van der Waals surface area contributed by atoms with Gasteiger partial charge >= 0.3 is 0 Å². The molecule has 2 heterocycles. The molecule has 65 heavy (non-hydrogen) atoms. The molecule has 0 aliphatic carbocycles. The van der Waals surface area contributed by atoms with Gasteiger partial charge in [0.2, 0.25) is 17.7 Å². The van der Waals surface area contributed by atoms with Crippen molar-refractivity contribution in [2.75, 3.05) is 53.2 Å². The van der Waals surface area contributed by atoms with Gasteiger partial charge in [-0.2, -0.15) is 0 Å². The van der Waals surface area contributed by atoms with E-state index in [4.69, 9.17) is 23.7 Å². The number of methoxy groups -OCH3 is 1. The molecule has 18 heteroatoms. The summed E-state index contributed by atoms with van der Waals surface area (Å²) in [7, 11) is 1.62. The van der Waals surface area contributed by atoms with E-state index in [2.05, 4.69) is 36.7 Å². The summed E-state index contributed by atoms with van der Waals surface area (Å²) in [4.78, 5) is 50.7. The number of aliphatic hydroxyl groups excluding tert-OH is 6. The third-order valence-corrected chi connectivity index (χ3v) is 11.4. The molecule has 2 aliphatic heterocycles. The predicted molar refractivity (Wildman–Crippen MR) is 244 cm³/mol. The van der Waals surface area contributed by atoms with Crippen LogP contribution in [0.3, 0.4) is 0 Å². The normalized spacial score (nSPS) is 25.9. The number of rotatable bonds is 34. The Morgan fingerprint density at radius 2 is 0.954 bits per heavy atom. The van der Waals surface area contributed by atoms with Crippen LogP contribution in [-0.4, -0.2) is 163 Å². The lowest BCUT2D eigenvalue weighted by atomic mass is 9.92. The molecule has 0 aromatic heterocycles. The van der Waals surface area contributed by atoms with Gasteiger partial charge in [0.05, 0.1) is 31.5 Å². The summed E-state index contributed by atoms with van der Waals surface area (Å²) < 4.78 is 27.7. The van der Waals surface area contributed by atoms with Crippen LogP contribution < -0.4 is 16.0 Å². The minimum absolute atomic E-state index is 0.00827. The van der Waals surface area contributed by atoms with Crippen LogP contribution in [0.1, 0.15) is 150 Å². The minimum Gasteiger partial charge on any atom is -0.394 e. The monoisotopic (exact) mass is 936 g/mol. The van der Waals surface area contributed by atoms with Crippen LogP contribution >= 0.6 is 0 Å². The molecule has 0 aromatic carbocycles. The number of aliphatic hydroxyl groups is 6. The van der Waals surface area contributed by atoms with Crippen molar-refractivity contribution < 1.29 is 73.5 Å². The van der Waals surface area contributed by atoms with Crippen molar-refractivity contribution in [1.29, 1.82) is 0 Å². The summed E-state index contributed by atoms with van der Waals surface area (Å²) in [6, 6.07) is -0.636. The SMILES string of the molecule is CC(C)C.COCCCNC(=O)CCCCCCC(=O)[C@H](CCCCNC(=O)CCCCCO[C@@H]1OC(CO)[C@H](O)[C@H](O)C1C)NC(=O)CCCCCO[C@@H]1OC(CO)[C@H](O)[C@H](O)C1C. The highest BCUT2D eigenvalue weighted by molar-refractivity contribution is 5.89. The number of hydrogen-bond donors (Lipinski definition) is 9. The van der Waals surface area contributed by atoms with Gasteiger partial charge in [-0.25, -0.2) is 0 Å². The lowest BCUT2D eigenvalue weighted by Gasteiger charge is -2.40. The Bertz CT molecular complexity index is 1260. The van der Waals surface area contributed by atoms with Gasteiger partial charge in [0.1, 0.15) is 24.4 Å². The Hall–Kier alpha value is -2.36. The minimum atomic E-state index is -1.19. The molecule has 9 N–H and O–H groups in total. The van der Waals surface area contributed by atoms with E-state index in [0.717, 1.165) is 38.0 Å². The van der Waals surface area contributed by atoms with Gasteiger partial charge in [0.25, 0.3) is 0 Å². The molecule has 0 bridgehead atoms.